The first-order valence-electron chi connectivity index (χ1n) is 5.76. The lowest BCUT2D eigenvalue weighted by Crippen LogP contribution is -2.51. The summed E-state index contributed by atoms with van der Waals surface area (Å²) in [6.45, 7) is 5.32. The fourth-order valence-corrected chi connectivity index (χ4v) is 1.76. The van der Waals surface area contributed by atoms with Crippen LogP contribution in [0.1, 0.15) is 26.2 Å². The molecule has 1 heterocycles. The molecule has 1 aliphatic rings. The Labute approximate surface area is 92.5 Å². The Balaban J connectivity index is 2.24. The first-order valence-corrected chi connectivity index (χ1v) is 5.76. The van der Waals surface area contributed by atoms with Gasteiger partial charge in [0.1, 0.15) is 0 Å². The molecule has 0 amide bonds. The third-order valence-corrected chi connectivity index (χ3v) is 3.09. The average molecular weight is 216 g/mol. The molecule has 1 rings (SSSR count). The summed E-state index contributed by atoms with van der Waals surface area (Å²) in [6, 6.07) is 0. The summed E-state index contributed by atoms with van der Waals surface area (Å²) in [7, 11) is 1.72. The largest absolute Gasteiger partial charge is 0.385 e. The van der Waals surface area contributed by atoms with Gasteiger partial charge in [0.15, 0.2) is 0 Å². The maximum Gasteiger partial charge on any atom is 0.0700 e. The van der Waals surface area contributed by atoms with Gasteiger partial charge in [-0.2, -0.15) is 0 Å². The number of rotatable bonds is 7. The molecule has 90 valence electrons. The van der Waals surface area contributed by atoms with Gasteiger partial charge < -0.3 is 20.5 Å². The molecule has 0 aromatic carbocycles. The molecule has 4 nitrogen and oxygen atoms in total. The maximum atomic E-state index is 5.77. The highest BCUT2D eigenvalue weighted by Crippen LogP contribution is 2.13. The Kier molecular flexibility index (Phi) is 5.53. The Hall–Kier alpha value is -0.160. The quantitative estimate of drug-likeness (QED) is 0.651. The summed E-state index contributed by atoms with van der Waals surface area (Å²) >= 11 is 0. The van der Waals surface area contributed by atoms with E-state index in [9.17, 15) is 0 Å². The molecule has 2 atom stereocenters. The number of methoxy groups -OCH3 is 1. The van der Waals surface area contributed by atoms with E-state index in [2.05, 4.69) is 12.2 Å². The van der Waals surface area contributed by atoms with Crippen molar-refractivity contribution < 1.29 is 9.47 Å². The Morgan fingerprint density at radius 1 is 1.60 bits per heavy atom. The van der Waals surface area contributed by atoms with Crippen molar-refractivity contribution in [3.05, 3.63) is 0 Å². The predicted molar refractivity (Wildman–Crippen MR) is 60.9 cm³/mol. The van der Waals surface area contributed by atoms with Crippen LogP contribution >= 0.6 is 0 Å². The van der Waals surface area contributed by atoms with E-state index in [4.69, 9.17) is 15.2 Å². The molecular formula is C11H24N2O2. The first kappa shape index (κ1) is 12.9. The standard InChI is InChI=1S/C11H24N2O2/c1-11(9-12,5-7-14-2)13-8-10-4-3-6-15-10/h10,13H,3-9,12H2,1-2H3. The summed E-state index contributed by atoms with van der Waals surface area (Å²) in [5.41, 5.74) is 5.75. The lowest BCUT2D eigenvalue weighted by atomic mass is 9.98. The van der Waals surface area contributed by atoms with Crippen LogP contribution in [0.15, 0.2) is 0 Å². The van der Waals surface area contributed by atoms with Gasteiger partial charge in [-0.25, -0.2) is 0 Å². The maximum absolute atomic E-state index is 5.77. The van der Waals surface area contributed by atoms with Crippen LogP contribution in [0.5, 0.6) is 0 Å². The number of hydrogen-bond donors (Lipinski definition) is 2. The van der Waals surface area contributed by atoms with Gasteiger partial charge in [-0.1, -0.05) is 0 Å². The molecule has 2 unspecified atom stereocenters. The normalized spacial score (nSPS) is 25.4. The summed E-state index contributed by atoms with van der Waals surface area (Å²) in [5.74, 6) is 0. The highest BCUT2D eigenvalue weighted by Gasteiger charge is 2.24. The number of nitrogens with two attached hydrogens (primary N) is 1. The van der Waals surface area contributed by atoms with Gasteiger partial charge in [0.05, 0.1) is 6.10 Å². The fourth-order valence-electron chi connectivity index (χ4n) is 1.76. The van der Waals surface area contributed by atoms with E-state index in [1.54, 1.807) is 7.11 Å². The van der Waals surface area contributed by atoms with Crippen LogP contribution in [0.2, 0.25) is 0 Å². The van der Waals surface area contributed by atoms with E-state index in [1.807, 2.05) is 0 Å². The van der Waals surface area contributed by atoms with E-state index < -0.39 is 0 Å². The lowest BCUT2D eigenvalue weighted by molar-refractivity contribution is 0.0961. The minimum absolute atomic E-state index is 0.0258. The monoisotopic (exact) mass is 216 g/mol. The van der Waals surface area contributed by atoms with Gasteiger partial charge in [-0.05, 0) is 26.2 Å². The van der Waals surface area contributed by atoms with Crippen molar-refractivity contribution in [2.24, 2.45) is 5.73 Å². The van der Waals surface area contributed by atoms with Crippen molar-refractivity contribution >= 4 is 0 Å². The average Bonchev–Trinajstić information content (AvgIpc) is 2.76. The summed E-state index contributed by atoms with van der Waals surface area (Å²) in [5, 5.41) is 3.49. The molecule has 1 saturated heterocycles. The molecule has 0 spiro atoms. The Morgan fingerprint density at radius 3 is 2.93 bits per heavy atom. The highest BCUT2D eigenvalue weighted by atomic mass is 16.5. The van der Waals surface area contributed by atoms with Gasteiger partial charge >= 0.3 is 0 Å². The highest BCUT2D eigenvalue weighted by molar-refractivity contribution is 4.85. The Morgan fingerprint density at radius 2 is 2.40 bits per heavy atom. The zero-order chi connectivity index (χ0) is 11.1. The number of ether oxygens (including phenoxy) is 2. The summed E-state index contributed by atoms with van der Waals surface area (Å²) in [6.07, 6.45) is 3.66. The van der Waals surface area contributed by atoms with Crippen molar-refractivity contribution in [3.8, 4) is 0 Å². The van der Waals surface area contributed by atoms with Crippen molar-refractivity contribution in [1.29, 1.82) is 0 Å². The topological polar surface area (TPSA) is 56.5 Å². The van der Waals surface area contributed by atoms with Crippen LogP contribution in [-0.2, 0) is 9.47 Å². The minimum atomic E-state index is -0.0258. The molecule has 4 heteroatoms. The molecular weight excluding hydrogens is 192 g/mol. The second-order valence-electron chi connectivity index (χ2n) is 4.52. The third-order valence-electron chi connectivity index (χ3n) is 3.09. The van der Waals surface area contributed by atoms with Crippen LogP contribution in [0, 0.1) is 0 Å². The van der Waals surface area contributed by atoms with Crippen LogP contribution in [0.25, 0.3) is 0 Å². The summed E-state index contributed by atoms with van der Waals surface area (Å²) < 4.78 is 10.6. The van der Waals surface area contributed by atoms with Crippen LogP contribution < -0.4 is 11.1 Å². The van der Waals surface area contributed by atoms with E-state index in [1.165, 1.54) is 6.42 Å². The molecule has 0 radical (unpaired) electrons. The second-order valence-corrected chi connectivity index (χ2v) is 4.52. The van der Waals surface area contributed by atoms with Crippen molar-refractivity contribution in [2.75, 3.05) is 33.4 Å². The first-order chi connectivity index (χ1) is 7.20. The molecule has 0 aliphatic carbocycles. The molecule has 0 aromatic heterocycles. The molecule has 0 saturated carbocycles. The molecule has 1 fully saturated rings. The van der Waals surface area contributed by atoms with Crippen molar-refractivity contribution in [2.45, 2.75) is 37.8 Å². The van der Waals surface area contributed by atoms with Crippen LogP contribution in [0.4, 0.5) is 0 Å². The fraction of sp³-hybridized carbons (Fsp3) is 1.00. The van der Waals surface area contributed by atoms with E-state index in [0.717, 1.165) is 32.6 Å². The summed E-state index contributed by atoms with van der Waals surface area (Å²) in [4.78, 5) is 0. The van der Waals surface area contributed by atoms with Gasteiger partial charge in [0, 0.05) is 39.0 Å². The molecule has 0 aromatic rings. The second kappa shape index (κ2) is 6.43. The minimum Gasteiger partial charge on any atom is -0.385 e. The SMILES string of the molecule is COCCC(C)(CN)NCC1CCCO1. The lowest BCUT2D eigenvalue weighted by Gasteiger charge is -2.30. The van der Waals surface area contributed by atoms with Gasteiger partial charge in [0.2, 0.25) is 0 Å². The zero-order valence-electron chi connectivity index (χ0n) is 9.92. The van der Waals surface area contributed by atoms with Crippen LogP contribution in [-0.4, -0.2) is 45.1 Å². The van der Waals surface area contributed by atoms with Crippen molar-refractivity contribution in [3.63, 3.8) is 0 Å². The van der Waals surface area contributed by atoms with Gasteiger partial charge in [-0.3, -0.25) is 0 Å². The van der Waals surface area contributed by atoms with E-state index in [0.29, 0.717) is 12.6 Å². The third kappa shape index (κ3) is 4.47. The zero-order valence-corrected chi connectivity index (χ0v) is 9.92. The van der Waals surface area contributed by atoms with E-state index in [-0.39, 0.29) is 5.54 Å². The number of nitrogens with one attached hydrogen (secondary N) is 1. The number of hydrogen-bond acceptors (Lipinski definition) is 4. The molecule has 1 aliphatic heterocycles. The predicted octanol–water partition coefficient (Wildman–Crippen LogP) is 0.509. The van der Waals surface area contributed by atoms with Crippen molar-refractivity contribution in [1.82, 2.24) is 5.32 Å². The van der Waals surface area contributed by atoms with Gasteiger partial charge in [-0.15, -0.1) is 0 Å². The van der Waals surface area contributed by atoms with Crippen LogP contribution in [0.3, 0.4) is 0 Å². The van der Waals surface area contributed by atoms with E-state index >= 15 is 0 Å². The Bertz CT molecular complexity index is 172. The molecule has 15 heavy (non-hydrogen) atoms. The van der Waals surface area contributed by atoms with Gasteiger partial charge in [0.25, 0.3) is 0 Å². The smallest absolute Gasteiger partial charge is 0.0700 e. The molecule has 3 N–H and O–H groups in total. The molecule has 0 bridgehead atoms.